The van der Waals surface area contributed by atoms with Crippen LogP contribution >= 0.6 is 23.6 Å². The summed E-state index contributed by atoms with van der Waals surface area (Å²) in [7, 11) is 0. The largest absolute Gasteiger partial charge is 0.358 e. The first-order valence-corrected chi connectivity index (χ1v) is 10.1. The van der Waals surface area contributed by atoms with Crippen LogP contribution in [0, 0.1) is 18.8 Å². The highest BCUT2D eigenvalue weighted by Gasteiger charge is 2.27. The number of rotatable bonds is 4. The molecule has 1 fully saturated rings. The molecule has 0 aromatic carbocycles. The molecule has 3 N–H and O–H groups in total. The van der Waals surface area contributed by atoms with Crippen molar-refractivity contribution in [1.29, 1.82) is 0 Å². The molecule has 6 heteroatoms. The van der Waals surface area contributed by atoms with Crippen molar-refractivity contribution < 1.29 is 4.79 Å². The van der Waals surface area contributed by atoms with Crippen LogP contribution in [0.15, 0.2) is 6.07 Å². The van der Waals surface area contributed by atoms with E-state index in [1.807, 2.05) is 6.07 Å². The topological polar surface area (TPSA) is 53.2 Å². The zero-order valence-electron chi connectivity index (χ0n) is 15.1. The van der Waals surface area contributed by atoms with Gasteiger partial charge in [-0.1, -0.05) is 40.0 Å². The average Bonchev–Trinajstić information content (AvgIpc) is 2.91. The SMILES string of the molecule is CCCc1cc(C(=O)NNC(=S)N[C@H]2CCC[C@H](C)[C@@H]2C)sc1C. The highest BCUT2D eigenvalue weighted by molar-refractivity contribution is 7.80. The number of amides is 1. The van der Waals surface area contributed by atoms with Gasteiger partial charge in [0.2, 0.25) is 0 Å². The lowest BCUT2D eigenvalue weighted by molar-refractivity contribution is 0.0947. The fourth-order valence-corrected chi connectivity index (χ4v) is 4.48. The van der Waals surface area contributed by atoms with E-state index in [4.69, 9.17) is 12.2 Å². The third-order valence-electron chi connectivity index (χ3n) is 5.08. The lowest BCUT2D eigenvalue weighted by Gasteiger charge is -2.35. The Kier molecular flexibility index (Phi) is 7.04. The maximum Gasteiger partial charge on any atom is 0.279 e. The molecule has 1 saturated carbocycles. The maximum absolute atomic E-state index is 12.3. The van der Waals surface area contributed by atoms with E-state index < -0.39 is 0 Å². The van der Waals surface area contributed by atoms with Gasteiger partial charge in [-0.25, -0.2) is 0 Å². The van der Waals surface area contributed by atoms with Crippen LogP contribution in [0.3, 0.4) is 0 Å². The fraction of sp³-hybridized carbons (Fsp3) is 0.667. The number of hydrogen-bond donors (Lipinski definition) is 3. The highest BCUT2D eigenvalue weighted by Crippen LogP contribution is 2.29. The second-order valence-electron chi connectivity index (χ2n) is 6.87. The third kappa shape index (κ3) is 4.93. The lowest BCUT2D eigenvalue weighted by atomic mass is 9.78. The third-order valence-corrected chi connectivity index (χ3v) is 6.39. The molecule has 0 spiro atoms. The average molecular weight is 368 g/mol. The van der Waals surface area contributed by atoms with Gasteiger partial charge in [-0.15, -0.1) is 11.3 Å². The van der Waals surface area contributed by atoms with E-state index in [1.165, 1.54) is 34.6 Å². The zero-order valence-corrected chi connectivity index (χ0v) is 16.7. The smallest absolute Gasteiger partial charge is 0.279 e. The van der Waals surface area contributed by atoms with Gasteiger partial charge in [0.1, 0.15) is 0 Å². The summed E-state index contributed by atoms with van der Waals surface area (Å²) >= 11 is 6.87. The van der Waals surface area contributed by atoms with Gasteiger partial charge in [0, 0.05) is 10.9 Å². The molecule has 1 heterocycles. The van der Waals surface area contributed by atoms with E-state index in [1.54, 1.807) is 0 Å². The van der Waals surface area contributed by atoms with E-state index in [2.05, 4.69) is 43.9 Å². The Hall–Kier alpha value is -1.14. The number of thiophene rings is 1. The molecule has 0 unspecified atom stereocenters. The van der Waals surface area contributed by atoms with Crippen LogP contribution in [0.4, 0.5) is 0 Å². The minimum Gasteiger partial charge on any atom is -0.358 e. The number of carbonyl (C=O) groups excluding carboxylic acids is 1. The van der Waals surface area contributed by atoms with Gasteiger partial charge in [-0.05, 0) is 55.4 Å². The summed E-state index contributed by atoms with van der Waals surface area (Å²) in [4.78, 5) is 14.2. The van der Waals surface area contributed by atoms with Crippen molar-refractivity contribution in [3.05, 3.63) is 21.4 Å². The second kappa shape index (κ2) is 8.81. The fourth-order valence-electron chi connectivity index (χ4n) is 3.31. The molecule has 1 aromatic heterocycles. The molecule has 0 bridgehead atoms. The van der Waals surface area contributed by atoms with E-state index in [-0.39, 0.29) is 5.91 Å². The van der Waals surface area contributed by atoms with Crippen LogP contribution < -0.4 is 16.2 Å². The monoisotopic (exact) mass is 367 g/mol. The summed E-state index contributed by atoms with van der Waals surface area (Å²) in [6.45, 7) is 8.78. The van der Waals surface area contributed by atoms with Crippen LogP contribution in [0.1, 0.15) is 66.6 Å². The van der Waals surface area contributed by atoms with Crippen molar-refractivity contribution >= 4 is 34.6 Å². The van der Waals surface area contributed by atoms with Gasteiger partial charge in [-0.3, -0.25) is 15.6 Å². The standard InChI is InChI=1S/C18H29N3OS2/c1-5-7-14-10-16(24-13(14)4)17(22)20-21-18(23)19-15-9-6-8-11(2)12(15)3/h10-12,15H,5-9H2,1-4H3,(H,20,22)(H2,19,21,23)/t11-,12-,15-/m0/s1. The Labute approximate surface area is 154 Å². The van der Waals surface area contributed by atoms with Gasteiger partial charge < -0.3 is 5.32 Å². The molecule has 134 valence electrons. The van der Waals surface area contributed by atoms with Gasteiger partial charge in [-0.2, -0.15) is 0 Å². The van der Waals surface area contributed by atoms with Gasteiger partial charge in [0.05, 0.1) is 4.88 Å². The summed E-state index contributed by atoms with van der Waals surface area (Å²) < 4.78 is 0. The highest BCUT2D eigenvalue weighted by atomic mass is 32.1. The number of hydrogen-bond acceptors (Lipinski definition) is 3. The quantitative estimate of drug-likeness (QED) is 0.557. The van der Waals surface area contributed by atoms with Crippen LogP contribution in [0.5, 0.6) is 0 Å². The molecule has 4 nitrogen and oxygen atoms in total. The normalized spacial score (nSPS) is 23.6. The number of carbonyl (C=O) groups is 1. The molecule has 1 aliphatic rings. The minimum atomic E-state index is -0.125. The predicted octanol–water partition coefficient (Wildman–Crippen LogP) is 3.94. The van der Waals surface area contributed by atoms with Crippen molar-refractivity contribution in [2.75, 3.05) is 0 Å². The molecule has 1 amide bonds. The number of hydrazine groups is 1. The van der Waals surface area contributed by atoms with Crippen molar-refractivity contribution in [3.63, 3.8) is 0 Å². The summed E-state index contributed by atoms with van der Waals surface area (Å²) in [5, 5.41) is 3.85. The zero-order chi connectivity index (χ0) is 17.7. The summed E-state index contributed by atoms with van der Waals surface area (Å²) in [6.07, 6.45) is 5.75. The predicted molar refractivity (Wildman–Crippen MR) is 105 cm³/mol. The van der Waals surface area contributed by atoms with Crippen molar-refractivity contribution in [1.82, 2.24) is 16.2 Å². The molecule has 1 aliphatic carbocycles. The molecule has 24 heavy (non-hydrogen) atoms. The lowest BCUT2D eigenvalue weighted by Crippen LogP contribution is -2.52. The molecule has 3 atom stereocenters. The van der Waals surface area contributed by atoms with Gasteiger partial charge in [0.25, 0.3) is 5.91 Å². The minimum absolute atomic E-state index is 0.125. The van der Waals surface area contributed by atoms with Crippen LogP contribution in [-0.4, -0.2) is 17.1 Å². The Morgan fingerprint density at radius 3 is 2.79 bits per heavy atom. The summed E-state index contributed by atoms with van der Waals surface area (Å²) in [5.74, 6) is 1.17. The first-order valence-electron chi connectivity index (χ1n) is 8.88. The molecule has 0 aliphatic heterocycles. The molecular formula is C18H29N3OS2. The molecule has 0 radical (unpaired) electrons. The molecular weight excluding hydrogens is 338 g/mol. The van der Waals surface area contributed by atoms with E-state index in [0.717, 1.165) is 24.1 Å². The number of aryl methyl sites for hydroxylation is 2. The van der Waals surface area contributed by atoms with Gasteiger partial charge >= 0.3 is 0 Å². The van der Waals surface area contributed by atoms with Crippen molar-refractivity contribution in [2.24, 2.45) is 11.8 Å². The Bertz CT molecular complexity index is 585. The molecule has 2 rings (SSSR count). The van der Waals surface area contributed by atoms with Crippen molar-refractivity contribution in [3.8, 4) is 0 Å². The second-order valence-corrected chi connectivity index (χ2v) is 8.53. The van der Waals surface area contributed by atoms with Gasteiger partial charge in [0.15, 0.2) is 5.11 Å². The summed E-state index contributed by atoms with van der Waals surface area (Å²) in [6, 6.07) is 2.37. The first kappa shape index (κ1) is 19.2. The molecule has 1 aromatic rings. The molecule has 0 saturated heterocycles. The van der Waals surface area contributed by atoms with Crippen molar-refractivity contribution in [2.45, 2.75) is 65.8 Å². The Balaban J connectivity index is 1.82. The Morgan fingerprint density at radius 2 is 2.08 bits per heavy atom. The number of nitrogens with one attached hydrogen (secondary N) is 3. The maximum atomic E-state index is 12.3. The van der Waals surface area contributed by atoms with E-state index >= 15 is 0 Å². The number of thiocarbonyl (C=S) groups is 1. The van der Waals surface area contributed by atoms with Crippen LogP contribution in [-0.2, 0) is 6.42 Å². The first-order chi connectivity index (χ1) is 11.4. The van der Waals surface area contributed by atoms with E-state index in [9.17, 15) is 4.79 Å². The van der Waals surface area contributed by atoms with E-state index in [0.29, 0.717) is 23.0 Å². The summed E-state index contributed by atoms with van der Waals surface area (Å²) in [5.41, 5.74) is 6.83. The Morgan fingerprint density at radius 1 is 1.33 bits per heavy atom. The van der Waals surface area contributed by atoms with Crippen LogP contribution in [0.25, 0.3) is 0 Å². The van der Waals surface area contributed by atoms with Crippen LogP contribution in [0.2, 0.25) is 0 Å².